The number of rotatable bonds is 7. The highest BCUT2D eigenvalue weighted by molar-refractivity contribution is 9.10. The van der Waals surface area contributed by atoms with Crippen molar-refractivity contribution in [2.75, 3.05) is 0 Å². The molecule has 0 atom stereocenters. The zero-order valence-electron chi connectivity index (χ0n) is 15.7. The second-order valence-electron chi connectivity index (χ2n) is 6.34. The number of carbonyl (C=O) groups is 1. The fourth-order valence-corrected chi connectivity index (χ4v) is 3.50. The molecule has 0 aliphatic rings. The lowest BCUT2D eigenvalue weighted by atomic mass is 10.1. The maximum Gasteiger partial charge on any atom is 0.251 e. The molecule has 28 heavy (non-hydrogen) atoms. The molecule has 0 fully saturated rings. The Balaban J connectivity index is 1.63. The van der Waals surface area contributed by atoms with Crippen LogP contribution in [0.4, 0.5) is 0 Å². The molecule has 1 N–H and O–H groups in total. The van der Waals surface area contributed by atoms with Crippen molar-refractivity contribution in [3.63, 3.8) is 0 Å². The van der Waals surface area contributed by atoms with E-state index < -0.39 is 0 Å². The van der Waals surface area contributed by atoms with Gasteiger partial charge in [0, 0.05) is 17.1 Å². The molecule has 1 amide bonds. The highest BCUT2D eigenvalue weighted by Gasteiger charge is 2.11. The SMILES string of the molecule is CCn1ncc(Br)c1CNC(=O)c1cccc(COc2ccc(Cl)cc2C)c1. The number of aryl methyl sites for hydroxylation is 2. The van der Waals surface area contributed by atoms with Crippen molar-refractivity contribution >= 4 is 33.4 Å². The third-order valence-corrected chi connectivity index (χ3v) is 5.23. The molecule has 1 aromatic heterocycles. The predicted octanol–water partition coefficient (Wildman–Crippen LogP) is 5.14. The molecule has 3 rings (SSSR count). The minimum Gasteiger partial charge on any atom is -0.489 e. The molecular formula is C21H21BrClN3O2. The van der Waals surface area contributed by atoms with Gasteiger partial charge in [-0.1, -0.05) is 23.7 Å². The second kappa shape index (κ2) is 9.26. The number of hydrogen-bond acceptors (Lipinski definition) is 3. The topological polar surface area (TPSA) is 56.2 Å². The lowest BCUT2D eigenvalue weighted by molar-refractivity contribution is 0.0949. The van der Waals surface area contributed by atoms with Crippen molar-refractivity contribution in [1.29, 1.82) is 0 Å². The van der Waals surface area contributed by atoms with Gasteiger partial charge in [-0.05, 0) is 71.2 Å². The fourth-order valence-electron chi connectivity index (χ4n) is 2.84. The summed E-state index contributed by atoms with van der Waals surface area (Å²) < 4.78 is 8.60. The molecule has 5 nitrogen and oxygen atoms in total. The monoisotopic (exact) mass is 461 g/mol. The van der Waals surface area contributed by atoms with E-state index in [9.17, 15) is 4.79 Å². The molecule has 146 valence electrons. The van der Waals surface area contributed by atoms with E-state index in [4.69, 9.17) is 16.3 Å². The lowest BCUT2D eigenvalue weighted by Gasteiger charge is -2.11. The largest absolute Gasteiger partial charge is 0.489 e. The fraction of sp³-hybridized carbons (Fsp3) is 0.238. The summed E-state index contributed by atoms with van der Waals surface area (Å²) in [5.41, 5.74) is 3.42. The summed E-state index contributed by atoms with van der Waals surface area (Å²) in [5.74, 6) is 0.636. The average Bonchev–Trinajstić information content (AvgIpc) is 3.05. The maximum atomic E-state index is 12.6. The Morgan fingerprint density at radius 2 is 2.11 bits per heavy atom. The Hall–Kier alpha value is -2.31. The van der Waals surface area contributed by atoms with Gasteiger partial charge in [-0.25, -0.2) is 0 Å². The van der Waals surface area contributed by atoms with Crippen LogP contribution in [-0.4, -0.2) is 15.7 Å². The molecule has 0 radical (unpaired) electrons. The summed E-state index contributed by atoms with van der Waals surface area (Å²) >= 11 is 9.45. The van der Waals surface area contributed by atoms with Crippen LogP contribution in [0.3, 0.4) is 0 Å². The third-order valence-electron chi connectivity index (χ3n) is 4.33. The standard InChI is InChI=1S/C21H21BrClN3O2/c1-3-26-19(18(22)11-25-26)12-24-21(27)16-6-4-5-15(10-16)13-28-20-8-7-17(23)9-14(20)2/h4-11H,3,12-13H2,1-2H3,(H,24,27). The maximum absolute atomic E-state index is 12.6. The molecule has 2 aromatic carbocycles. The van der Waals surface area contributed by atoms with Gasteiger partial charge >= 0.3 is 0 Å². The van der Waals surface area contributed by atoms with Crippen molar-refractivity contribution in [2.24, 2.45) is 0 Å². The molecule has 3 aromatic rings. The van der Waals surface area contributed by atoms with Crippen LogP contribution in [0.1, 0.15) is 34.1 Å². The number of aromatic nitrogens is 2. The van der Waals surface area contributed by atoms with Gasteiger partial charge in [0.15, 0.2) is 0 Å². The van der Waals surface area contributed by atoms with Gasteiger partial charge in [0.25, 0.3) is 5.91 Å². The summed E-state index contributed by atoms with van der Waals surface area (Å²) in [6.45, 7) is 5.48. The Morgan fingerprint density at radius 3 is 2.86 bits per heavy atom. The molecule has 0 bridgehead atoms. The zero-order valence-corrected chi connectivity index (χ0v) is 18.0. The first-order valence-electron chi connectivity index (χ1n) is 8.94. The number of amides is 1. The Kier molecular flexibility index (Phi) is 6.75. The van der Waals surface area contributed by atoms with Crippen LogP contribution in [0.5, 0.6) is 5.75 Å². The zero-order chi connectivity index (χ0) is 20.1. The highest BCUT2D eigenvalue weighted by atomic mass is 79.9. The summed E-state index contributed by atoms with van der Waals surface area (Å²) in [7, 11) is 0. The van der Waals surface area contributed by atoms with Crippen molar-refractivity contribution in [2.45, 2.75) is 33.5 Å². The number of nitrogens with zero attached hydrogens (tertiary/aromatic N) is 2. The number of nitrogens with one attached hydrogen (secondary N) is 1. The number of hydrogen-bond donors (Lipinski definition) is 1. The van der Waals surface area contributed by atoms with Crippen LogP contribution in [0.25, 0.3) is 0 Å². The van der Waals surface area contributed by atoms with Crippen LogP contribution in [0, 0.1) is 6.92 Å². The number of ether oxygens (including phenoxy) is 1. The van der Waals surface area contributed by atoms with E-state index in [1.54, 1.807) is 18.3 Å². The summed E-state index contributed by atoms with van der Waals surface area (Å²) in [6.07, 6.45) is 1.74. The first-order valence-corrected chi connectivity index (χ1v) is 10.1. The van der Waals surface area contributed by atoms with E-state index in [1.807, 2.05) is 48.9 Å². The van der Waals surface area contributed by atoms with Crippen molar-refractivity contribution < 1.29 is 9.53 Å². The van der Waals surface area contributed by atoms with Gasteiger partial charge in [0.1, 0.15) is 12.4 Å². The van der Waals surface area contributed by atoms with Crippen LogP contribution >= 0.6 is 27.5 Å². The van der Waals surface area contributed by atoms with Crippen LogP contribution in [-0.2, 0) is 19.7 Å². The molecule has 7 heteroatoms. The lowest BCUT2D eigenvalue weighted by Crippen LogP contribution is -2.24. The molecule has 0 saturated heterocycles. The van der Waals surface area contributed by atoms with Gasteiger partial charge in [-0.15, -0.1) is 0 Å². The Bertz CT molecular complexity index is 988. The molecule has 1 heterocycles. The normalized spacial score (nSPS) is 10.7. The third kappa shape index (κ3) is 4.94. The summed E-state index contributed by atoms with van der Waals surface area (Å²) in [5, 5.41) is 7.89. The van der Waals surface area contributed by atoms with E-state index in [0.29, 0.717) is 23.7 Å². The molecular weight excluding hydrogens is 442 g/mol. The molecule has 0 aliphatic carbocycles. The quantitative estimate of drug-likeness (QED) is 0.529. The van der Waals surface area contributed by atoms with Crippen molar-refractivity contribution in [3.8, 4) is 5.75 Å². The van der Waals surface area contributed by atoms with Crippen LogP contribution in [0.2, 0.25) is 5.02 Å². The van der Waals surface area contributed by atoms with E-state index in [0.717, 1.165) is 33.6 Å². The van der Waals surface area contributed by atoms with Gasteiger partial charge < -0.3 is 10.1 Å². The molecule has 0 spiro atoms. The minimum atomic E-state index is -0.139. The van der Waals surface area contributed by atoms with Gasteiger partial charge in [0.05, 0.1) is 22.9 Å². The minimum absolute atomic E-state index is 0.139. The summed E-state index contributed by atoms with van der Waals surface area (Å²) in [6, 6.07) is 12.9. The highest BCUT2D eigenvalue weighted by Crippen LogP contribution is 2.23. The average molecular weight is 463 g/mol. The molecule has 0 saturated carbocycles. The van der Waals surface area contributed by atoms with Gasteiger partial charge in [-0.3, -0.25) is 9.48 Å². The second-order valence-corrected chi connectivity index (χ2v) is 7.63. The number of halogens is 2. The van der Waals surface area contributed by atoms with Crippen molar-refractivity contribution in [1.82, 2.24) is 15.1 Å². The first-order chi connectivity index (χ1) is 13.5. The van der Waals surface area contributed by atoms with Gasteiger partial charge in [0.2, 0.25) is 0 Å². The van der Waals surface area contributed by atoms with Crippen LogP contribution in [0.15, 0.2) is 53.1 Å². The smallest absolute Gasteiger partial charge is 0.251 e. The number of benzene rings is 2. The summed E-state index contributed by atoms with van der Waals surface area (Å²) in [4.78, 5) is 12.6. The predicted molar refractivity (Wildman–Crippen MR) is 114 cm³/mol. The van der Waals surface area contributed by atoms with E-state index >= 15 is 0 Å². The number of carbonyl (C=O) groups excluding carboxylic acids is 1. The van der Waals surface area contributed by atoms with Gasteiger partial charge in [-0.2, -0.15) is 5.10 Å². The molecule has 0 unspecified atom stereocenters. The van der Waals surface area contributed by atoms with Crippen LogP contribution < -0.4 is 10.1 Å². The van der Waals surface area contributed by atoms with E-state index in [1.165, 1.54) is 0 Å². The Morgan fingerprint density at radius 1 is 1.29 bits per heavy atom. The Labute approximate surface area is 177 Å². The first kappa shape index (κ1) is 20.4. The molecule has 0 aliphatic heterocycles. The van der Waals surface area contributed by atoms with E-state index in [-0.39, 0.29) is 5.91 Å². The van der Waals surface area contributed by atoms with E-state index in [2.05, 4.69) is 26.3 Å². The van der Waals surface area contributed by atoms with Crippen molar-refractivity contribution in [3.05, 3.63) is 80.5 Å².